The van der Waals surface area contributed by atoms with Gasteiger partial charge in [-0.2, -0.15) is 0 Å². The minimum Gasteiger partial charge on any atom is -0.348 e. The van der Waals surface area contributed by atoms with Crippen LogP contribution in [-0.4, -0.2) is 19.5 Å². The average Bonchev–Trinajstić information content (AvgIpc) is 2.67. The van der Waals surface area contributed by atoms with Gasteiger partial charge in [-0.3, -0.25) is 4.79 Å². The lowest BCUT2D eigenvalue weighted by Crippen LogP contribution is -2.12. The quantitative estimate of drug-likeness (QED) is 0.750. The number of carbonyl (C=O) groups excluding carboxylic acids is 1. The summed E-state index contributed by atoms with van der Waals surface area (Å²) in [6.45, 7) is 1.64. The zero-order valence-corrected chi connectivity index (χ0v) is 9.42. The Kier molecular flexibility index (Phi) is 3.37. The van der Waals surface area contributed by atoms with E-state index in [-0.39, 0.29) is 5.91 Å². The van der Waals surface area contributed by atoms with Gasteiger partial charge >= 0.3 is 0 Å². The summed E-state index contributed by atoms with van der Waals surface area (Å²) in [6, 6.07) is 6.02. The van der Waals surface area contributed by atoms with Crippen molar-refractivity contribution in [3.8, 4) is 0 Å². The van der Waals surface area contributed by atoms with Gasteiger partial charge in [0.25, 0.3) is 5.91 Å². The molecule has 16 heavy (non-hydrogen) atoms. The molecule has 0 saturated heterocycles. The molecule has 0 spiro atoms. The molecular weight excluding hydrogens is 200 g/mol. The van der Waals surface area contributed by atoms with Gasteiger partial charge in [0, 0.05) is 12.1 Å². The molecule has 0 atom stereocenters. The van der Waals surface area contributed by atoms with Crippen LogP contribution in [0.2, 0.25) is 0 Å². The van der Waals surface area contributed by atoms with Crippen molar-refractivity contribution in [1.82, 2.24) is 10.6 Å². The van der Waals surface area contributed by atoms with Crippen LogP contribution in [0, 0.1) is 0 Å². The smallest absolute Gasteiger partial charge is 0.251 e. The molecule has 0 aromatic heterocycles. The second-order valence-electron chi connectivity index (χ2n) is 3.89. The fraction of sp³-hybridized carbons (Fsp3) is 0.308. The third kappa shape index (κ3) is 2.31. The molecule has 3 nitrogen and oxygen atoms in total. The Balaban J connectivity index is 2.09. The van der Waals surface area contributed by atoms with Gasteiger partial charge < -0.3 is 10.6 Å². The van der Waals surface area contributed by atoms with Crippen molar-refractivity contribution in [2.75, 3.05) is 13.6 Å². The number of hydrogen-bond donors (Lipinski definition) is 2. The van der Waals surface area contributed by atoms with Gasteiger partial charge in [-0.05, 0) is 37.2 Å². The first-order valence-electron chi connectivity index (χ1n) is 5.53. The zero-order valence-electron chi connectivity index (χ0n) is 9.42. The molecule has 1 heterocycles. The Morgan fingerprint density at radius 1 is 1.50 bits per heavy atom. The first-order chi connectivity index (χ1) is 7.81. The van der Waals surface area contributed by atoms with E-state index in [2.05, 4.69) is 28.9 Å². The second kappa shape index (κ2) is 4.94. The number of benzene rings is 1. The van der Waals surface area contributed by atoms with Crippen LogP contribution in [0.25, 0.3) is 6.08 Å². The molecule has 0 fully saturated rings. The summed E-state index contributed by atoms with van der Waals surface area (Å²) in [5.74, 6) is 0.0421. The van der Waals surface area contributed by atoms with Gasteiger partial charge in [0.2, 0.25) is 0 Å². The Morgan fingerprint density at radius 2 is 2.38 bits per heavy atom. The van der Waals surface area contributed by atoms with Crippen molar-refractivity contribution in [3.05, 3.63) is 41.0 Å². The molecule has 1 aromatic rings. The molecule has 84 valence electrons. The van der Waals surface area contributed by atoms with Crippen molar-refractivity contribution >= 4 is 12.0 Å². The minimum absolute atomic E-state index is 0.0421. The monoisotopic (exact) mass is 216 g/mol. The molecular formula is C13H16N2O. The highest BCUT2D eigenvalue weighted by Crippen LogP contribution is 2.17. The molecule has 0 saturated carbocycles. The maximum Gasteiger partial charge on any atom is 0.251 e. The van der Waals surface area contributed by atoms with E-state index in [4.69, 9.17) is 0 Å². The fourth-order valence-corrected chi connectivity index (χ4v) is 1.78. The summed E-state index contributed by atoms with van der Waals surface area (Å²) in [7, 11) is 1.94. The number of nitrogens with one attached hydrogen (secondary N) is 2. The van der Waals surface area contributed by atoms with E-state index in [0.717, 1.165) is 29.7 Å². The molecule has 1 amide bonds. The number of amides is 1. The summed E-state index contributed by atoms with van der Waals surface area (Å²) in [5, 5.41) is 5.90. The van der Waals surface area contributed by atoms with Crippen molar-refractivity contribution in [2.24, 2.45) is 0 Å². The number of carbonyl (C=O) groups is 1. The van der Waals surface area contributed by atoms with Crippen molar-refractivity contribution in [2.45, 2.75) is 13.0 Å². The van der Waals surface area contributed by atoms with Gasteiger partial charge in [0.1, 0.15) is 0 Å². The van der Waals surface area contributed by atoms with Crippen molar-refractivity contribution in [3.63, 3.8) is 0 Å². The number of hydrogen-bond acceptors (Lipinski definition) is 2. The SMILES string of the molecule is CNCCC=Cc1ccc2c(c1)C(=O)NC2. The summed E-state index contributed by atoms with van der Waals surface area (Å²) >= 11 is 0. The van der Waals surface area contributed by atoms with Crippen LogP contribution >= 0.6 is 0 Å². The van der Waals surface area contributed by atoms with Crippen LogP contribution in [-0.2, 0) is 6.54 Å². The van der Waals surface area contributed by atoms with Crippen LogP contribution in [0.5, 0.6) is 0 Å². The van der Waals surface area contributed by atoms with Crippen LogP contribution in [0.3, 0.4) is 0 Å². The minimum atomic E-state index is 0.0421. The van der Waals surface area contributed by atoms with Crippen molar-refractivity contribution in [1.29, 1.82) is 0 Å². The maximum atomic E-state index is 11.4. The highest BCUT2D eigenvalue weighted by atomic mass is 16.1. The van der Waals surface area contributed by atoms with E-state index >= 15 is 0 Å². The second-order valence-corrected chi connectivity index (χ2v) is 3.89. The zero-order chi connectivity index (χ0) is 11.4. The van der Waals surface area contributed by atoms with Gasteiger partial charge in [-0.15, -0.1) is 0 Å². The third-order valence-corrected chi connectivity index (χ3v) is 2.69. The normalized spacial score (nSPS) is 14.2. The van der Waals surface area contributed by atoms with Gasteiger partial charge in [0.15, 0.2) is 0 Å². The maximum absolute atomic E-state index is 11.4. The number of rotatable bonds is 4. The standard InChI is InChI=1S/C13H16N2O/c1-14-7-3-2-4-10-5-6-11-9-15-13(16)12(11)8-10/h2,4-6,8,14H,3,7,9H2,1H3,(H,15,16). The fourth-order valence-electron chi connectivity index (χ4n) is 1.78. The summed E-state index contributed by atoms with van der Waals surface area (Å²) in [5.41, 5.74) is 3.00. The molecule has 0 aliphatic carbocycles. The van der Waals surface area contributed by atoms with Crippen LogP contribution in [0.1, 0.15) is 27.9 Å². The largest absolute Gasteiger partial charge is 0.348 e. The summed E-state index contributed by atoms with van der Waals surface area (Å²) in [4.78, 5) is 11.4. The molecule has 2 N–H and O–H groups in total. The molecule has 1 aliphatic heterocycles. The molecule has 3 heteroatoms. The van der Waals surface area contributed by atoms with Gasteiger partial charge in [0.05, 0.1) is 0 Å². The van der Waals surface area contributed by atoms with Crippen LogP contribution < -0.4 is 10.6 Å². The van der Waals surface area contributed by atoms with Crippen molar-refractivity contribution < 1.29 is 4.79 Å². The average molecular weight is 216 g/mol. The van der Waals surface area contributed by atoms with E-state index < -0.39 is 0 Å². The molecule has 1 aromatic carbocycles. The van der Waals surface area contributed by atoms with Crippen LogP contribution in [0.15, 0.2) is 24.3 Å². The number of fused-ring (bicyclic) bond motifs is 1. The molecule has 0 bridgehead atoms. The first-order valence-corrected chi connectivity index (χ1v) is 5.53. The highest BCUT2D eigenvalue weighted by Gasteiger charge is 2.17. The Bertz CT molecular complexity index is 424. The van der Waals surface area contributed by atoms with E-state index in [0.29, 0.717) is 6.54 Å². The molecule has 0 unspecified atom stereocenters. The highest BCUT2D eigenvalue weighted by molar-refractivity contribution is 5.98. The third-order valence-electron chi connectivity index (χ3n) is 2.69. The topological polar surface area (TPSA) is 41.1 Å². The molecule has 0 radical (unpaired) electrons. The Hall–Kier alpha value is -1.61. The van der Waals surface area contributed by atoms with E-state index in [1.807, 2.05) is 19.2 Å². The molecule has 1 aliphatic rings. The Morgan fingerprint density at radius 3 is 3.19 bits per heavy atom. The lowest BCUT2D eigenvalue weighted by molar-refractivity contribution is 0.0965. The summed E-state index contributed by atoms with van der Waals surface area (Å²) < 4.78 is 0. The summed E-state index contributed by atoms with van der Waals surface area (Å²) in [6.07, 6.45) is 5.17. The lowest BCUT2D eigenvalue weighted by Gasteiger charge is -1.98. The van der Waals surface area contributed by atoms with Crippen LogP contribution in [0.4, 0.5) is 0 Å². The first kappa shape index (κ1) is 10.9. The van der Waals surface area contributed by atoms with E-state index in [1.54, 1.807) is 0 Å². The van der Waals surface area contributed by atoms with E-state index in [1.165, 1.54) is 0 Å². The van der Waals surface area contributed by atoms with Gasteiger partial charge in [-0.1, -0.05) is 24.3 Å². The predicted octanol–water partition coefficient (Wildman–Crippen LogP) is 1.55. The lowest BCUT2D eigenvalue weighted by atomic mass is 10.1. The predicted molar refractivity (Wildman–Crippen MR) is 65.2 cm³/mol. The van der Waals surface area contributed by atoms with E-state index in [9.17, 15) is 4.79 Å². The molecule has 2 rings (SSSR count). The van der Waals surface area contributed by atoms with Gasteiger partial charge in [-0.25, -0.2) is 0 Å². The Labute approximate surface area is 95.6 Å².